The highest BCUT2D eigenvalue weighted by atomic mass is 32.2. The molecule has 0 aromatic rings. The number of oxime groups is 1. The fraction of sp³-hybridized carbons (Fsp3) is 0.833. The Morgan fingerprint density at radius 3 is 2.70 bits per heavy atom. The van der Waals surface area contributed by atoms with E-state index in [-0.39, 0.29) is 6.61 Å². The van der Waals surface area contributed by atoms with Crippen LogP contribution in [0.2, 0.25) is 0 Å². The summed E-state index contributed by atoms with van der Waals surface area (Å²) < 4.78 is 0. The molecule has 0 unspecified atom stereocenters. The van der Waals surface area contributed by atoms with Crippen molar-refractivity contribution in [3.05, 3.63) is 0 Å². The van der Waals surface area contributed by atoms with Gasteiger partial charge in [-0.2, -0.15) is 0 Å². The van der Waals surface area contributed by atoms with Crippen LogP contribution in [0.3, 0.4) is 0 Å². The van der Waals surface area contributed by atoms with Gasteiger partial charge in [0.05, 0.1) is 0 Å². The molecule has 0 fully saturated rings. The van der Waals surface area contributed by atoms with Gasteiger partial charge in [-0.1, -0.05) is 12.1 Å². The lowest BCUT2D eigenvalue weighted by Gasteiger charge is -1.98. The molecule has 60 valence electrons. The molecule has 0 aliphatic carbocycles. The van der Waals surface area contributed by atoms with E-state index in [1.807, 2.05) is 6.92 Å². The fourth-order valence-corrected chi connectivity index (χ4v) is 1.23. The summed E-state index contributed by atoms with van der Waals surface area (Å²) in [6.07, 6.45) is 1.35. The Morgan fingerprint density at radius 1 is 1.60 bits per heavy atom. The highest BCUT2D eigenvalue weighted by Gasteiger charge is 1.97. The van der Waals surface area contributed by atoms with E-state index in [2.05, 4.69) is 5.16 Å². The van der Waals surface area contributed by atoms with Crippen molar-refractivity contribution in [2.75, 3.05) is 12.4 Å². The Labute approximate surface area is 65.1 Å². The summed E-state index contributed by atoms with van der Waals surface area (Å²) >= 11 is 1.51. The van der Waals surface area contributed by atoms with Crippen molar-refractivity contribution in [2.45, 2.75) is 19.8 Å². The molecule has 0 amide bonds. The topological polar surface area (TPSA) is 52.8 Å². The highest BCUT2D eigenvalue weighted by molar-refractivity contribution is 8.13. The van der Waals surface area contributed by atoms with E-state index in [0.717, 1.165) is 5.75 Å². The molecule has 0 saturated carbocycles. The van der Waals surface area contributed by atoms with Crippen molar-refractivity contribution in [2.24, 2.45) is 5.16 Å². The zero-order valence-electron chi connectivity index (χ0n) is 6.08. The van der Waals surface area contributed by atoms with Crippen molar-refractivity contribution in [1.82, 2.24) is 0 Å². The molecular formula is C6H13NO2S. The largest absolute Gasteiger partial charge is 0.410 e. The van der Waals surface area contributed by atoms with E-state index >= 15 is 0 Å². The molecule has 0 heterocycles. The van der Waals surface area contributed by atoms with Crippen LogP contribution in [0.4, 0.5) is 0 Å². The predicted molar refractivity (Wildman–Crippen MR) is 43.7 cm³/mol. The van der Waals surface area contributed by atoms with Gasteiger partial charge in [-0.15, -0.1) is 11.8 Å². The maximum absolute atomic E-state index is 8.43. The Morgan fingerprint density at radius 2 is 2.30 bits per heavy atom. The van der Waals surface area contributed by atoms with Crippen molar-refractivity contribution in [3.8, 4) is 0 Å². The van der Waals surface area contributed by atoms with Gasteiger partial charge in [0.2, 0.25) is 0 Å². The maximum Gasteiger partial charge on any atom is 0.112 e. The Kier molecular flexibility index (Phi) is 6.74. The summed E-state index contributed by atoms with van der Waals surface area (Å²) in [5, 5.41) is 20.6. The Balaban J connectivity index is 3.41. The molecule has 4 heteroatoms. The van der Waals surface area contributed by atoms with E-state index in [1.54, 1.807) is 0 Å². The zero-order valence-corrected chi connectivity index (χ0v) is 6.89. The van der Waals surface area contributed by atoms with Gasteiger partial charge in [-0.3, -0.25) is 0 Å². The summed E-state index contributed by atoms with van der Waals surface area (Å²) in [7, 11) is 0. The summed E-state index contributed by atoms with van der Waals surface area (Å²) in [5.74, 6) is 0.908. The number of nitrogens with zero attached hydrogens (tertiary/aromatic N) is 1. The second kappa shape index (κ2) is 6.89. The van der Waals surface area contributed by atoms with Crippen LogP contribution in [0.25, 0.3) is 0 Å². The first-order valence-electron chi connectivity index (χ1n) is 3.29. The average molecular weight is 163 g/mol. The second-order valence-corrected chi connectivity index (χ2v) is 3.09. The van der Waals surface area contributed by atoms with Crippen molar-refractivity contribution in [3.63, 3.8) is 0 Å². The lowest BCUT2D eigenvalue weighted by atomic mass is 10.3. The van der Waals surface area contributed by atoms with E-state index in [0.29, 0.717) is 17.9 Å². The van der Waals surface area contributed by atoms with Gasteiger partial charge in [0, 0.05) is 13.0 Å². The van der Waals surface area contributed by atoms with Crippen LogP contribution in [0, 0.1) is 0 Å². The van der Waals surface area contributed by atoms with Crippen LogP contribution in [-0.4, -0.2) is 27.7 Å². The lowest BCUT2D eigenvalue weighted by Crippen LogP contribution is -1.95. The van der Waals surface area contributed by atoms with Crippen LogP contribution < -0.4 is 0 Å². The second-order valence-electron chi connectivity index (χ2n) is 1.75. The van der Waals surface area contributed by atoms with Gasteiger partial charge < -0.3 is 10.3 Å². The molecule has 0 bridgehead atoms. The number of rotatable bonds is 4. The Hall–Kier alpha value is -0.220. The zero-order chi connectivity index (χ0) is 7.82. The van der Waals surface area contributed by atoms with Gasteiger partial charge in [-0.25, -0.2) is 0 Å². The third kappa shape index (κ3) is 4.64. The third-order valence-electron chi connectivity index (χ3n) is 0.971. The minimum Gasteiger partial charge on any atom is -0.410 e. The maximum atomic E-state index is 8.43. The van der Waals surface area contributed by atoms with Gasteiger partial charge in [0.1, 0.15) is 5.04 Å². The molecule has 0 radical (unpaired) electrons. The molecule has 0 saturated heterocycles. The predicted octanol–water partition coefficient (Wildman–Crippen LogP) is 1.30. The third-order valence-corrected chi connectivity index (χ3v) is 1.88. The van der Waals surface area contributed by atoms with Crippen LogP contribution in [0.15, 0.2) is 5.16 Å². The SMILES string of the molecule is CCS/C(CCCO)=N\O. The first-order chi connectivity index (χ1) is 4.85. The lowest BCUT2D eigenvalue weighted by molar-refractivity contribution is 0.289. The van der Waals surface area contributed by atoms with E-state index in [1.165, 1.54) is 11.8 Å². The normalized spacial score (nSPS) is 12.0. The molecule has 0 aliphatic rings. The quantitative estimate of drug-likeness (QED) is 0.284. The van der Waals surface area contributed by atoms with Crippen LogP contribution in [-0.2, 0) is 0 Å². The minimum atomic E-state index is 0.156. The molecule has 0 aliphatic heterocycles. The average Bonchev–Trinajstić information content (AvgIpc) is 1.98. The molecule has 3 nitrogen and oxygen atoms in total. The van der Waals surface area contributed by atoms with Crippen LogP contribution in [0.1, 0.15) is 19.8 Å². The number of aliphatic hydroxyl groups is 1. The van der Waals surface area contributed by atoms with Crippen molar-refractivity contribution in [1.29, 1.82) is 0 Å². The Bertz CT molecular complexity index is 106. The first-order valence-corrected chi connectivity index (χ1v) is 4.28. The van der Waals surface area contributed by atoms with Crippen LogP contribution in [0.5, 0.6) is 0 Å². The molecule has 2 N–H and O–H groups in total. The van der Waals surface area contributed by atoms with E-state index in [9.17, 15) is 0 Å². The van der Waals surface area contributed by atoms with E-state index < -0.39 is 0 Å². The monoisotopic (exact) mass is 163 g/mol. The summed E-state index contributed by atoms with van der Waals surface area (Å²) in [5.41, 5.74) is 0. The van der Waals surface area contributed by atoms with Crippen LogP contribution >= 0.6 is 11.8 Å². The first kappa shape index (κ1) is 9.78. The molecule has 0 aromatic carbocycles. The summed E-state index contributed by atoms with van der Waals surface area (Å²) in [6, 6.07) is 0. The van der Waals surface area contributed by atoms with Gasteiger partial charge in [0.25, 0.3) is 0 Å². The fourth-order valence-electron chi connectivity index (χ4n) is 0.548. The number of thioether (sulfide) groups is 1. The summed E-state index contributed by atoms with van der Waals surface area (Å²) in [6.45, 7) is 2.15. The number of hydrogen-bond acceptors (Lipinski definition) is 4. The van der Waals surface area contributed by atoms with Gasteiger partial charge in [-0.05, 0) is 12.2 Å². The van der Waals surface area contributed by atoms with E-state index in [4.69, 9.17) is 10.3 Å². The molecule has 0 rings (SSSR count). The van der Waals surface area contributed by atoms with Gasteiger partial charge >= 0.3 is 0 Å². The van der Waals surface area contributed by atoms with Gasteiger partial charge in [0.15, 0.2) is 0 Å². The number of aliphatic hydroxyl groups excluding tert-OH is 1. The van der Waals surface area contributed by atoms with Crippen molar-refractivity contribution >= 4 is 16.8 Å². The molecule has 0 atom stereocenters. The molecule has 0 aromatic heterocycles. The number of hydrogen-bond donors (Lipinski definition) is 2. The molecule has 0 spiro atoms. The standard InChI is InChI=1S/C6H13NO2S/c1-2-10-6(7-9)4-3-5-8/h8-9H,2-5H2,1H3/b7-6-. The minimum absolute atomic E-state index is 0.156. The molecular weight excluding hydrogens is 150 g/mol. The highest BCUT2D eigenvalue weighted by Crippen LogP contribution is 2.07. The smallest absolute Gasteiger partial charge is 0.112 e. The molecule has 10 heavy (non-hydrogen) atoms. The van der Waals surface area contributed by atoms with Crippen molar-refractivity contribution < 1.29 is 10.3 Å². The summed E-state index contributed by atoms with van der Waals surface area (Å²) in [4.78, 5) is 0.